The summed E-state index contributed by atoms with van der Waals surface area (Å²) in [6, 6.07) is 7.12. The topological polar surface area (TPSA) is 85.1 Å². The predicted octanol–water partition coefficient (Wildman–Crippen LogP) is 0.0974. The van der Waals surface area contributed by atoms with Gasteiger partial charge in [0.15, 0.2) is 0 Å². The summed E-state index contributed by atoms with van der Waals surface area (Å²) in [7, 11) is 1.77. The lowest BCUT2D eigenvalue weighted by Crippen LogP contribution is -2.54. The molecule has 2 aliphatic rings. The van der Waals surface area contributed by atoms with Crippen molar-refractivity contribution in [2.75, 3.05) is 46.4 Å². The minimum atomic E-state index is -0.439. The summed E-state index contributed by atoms with van der Waals surface area (Å²) in [6.45, 7) is 2.57. The predicted molar refractivity (Wildman–Crippen MR) is 87.8 cm³/mol. The van der Waals surface area contributed by atoms with Gasteiger partial charge >= 0.3 is 0 Å². The van der Waals surface area contributed by atoms with Crippen molar-refractivity contribution in [2.45, 2.75) is 12.0 Å². The summed E-state index contributed by atoms with van der Waals surface area (Å²) in [5.74, 6) is 0.572. The average molecular weight is 333 g/mol. The van der Waals surface area contributed by atoms with Gasteiger partial charge in [-0.05, 0) is 24.6 Å². The Hall–Kier alpha value is -2.12. The number of nitrogens with two attached hydrogens (primary N) is 1. The zero-order valence-corrected chi connectivity index (χ0v) is 13.9. The van der Waals surface area contributed by atoms with E-state index in [1.807, 2.05) is 6.07 Å². The second-order valence-electron chi connectivity index (χ2n) is 6.36. The monoisotopic (exact) mass is 333 g/mol. The van der Waals surface area contributed by atoms with E-state index in [4.69, 9.17) is 15.2 Å². The third kappa shape index (κ3) is 3.37. The summed E-state index contributed by atoms with van der Waals surface area (Å²) >= 11 is 0. The Kier molecular flexibility index (Phi) is 4.73. The van der Waals surface area contributed by atoms with Crippen molar-refractivity contribution < 1.29 is 19.1 Å². The molecule has 130 valence electrons. The first-order valence-electron chi connectivity index (χ1n) is 8.13. The van der Waals surface area contributed by atoms with Crippen LogP contribution in [0.1, 0.15) is 16.8 Å². The lowest BCUT2D eigenvalue weighted by molar-refractivity contribution is -0.158. The summed E-state index contributed by atoms with van der Waals surface area (Å²) in [5.41, 5.74) is 5.58. The average Bonchev–Trinajstić information content (AvgIpc) is 3.00. The fourth-order valence-electron chi connectivity index (χ4n) is 3.23. The largest absolute Gasteiger partial charge is 0.492 e. The highest BCUT2D eigenvalue weighted by molar-refractivity contribution is 5.95. The summed E-state index contributed by atoms with van der Waals surface area (Å²) in [5, 5.41) is 0. The Morgan fingerprint density at radius 1 is 1.42 bits per heavy atom. The first kappa shape index (κ1) is 16.7. The molecule has 1 spiro atoms. The number of carbonyl (C=O) groups is 2. The van der Waals surface area contributed by atoms with Crippen molar-refractivity contribution in [3.63, 3.8) is 0 Å². The van der Waals surface area contributed by atoms with Crippen LogP contribution < -0.4 is 10.5 Å². The van der Waals surface area contributed by atoms with Gasteiger partial charge in [0.2, 0.25) is 5.91 Å². The molecule has 0 aromatic heterocycles. The Balaban J connectivity index is 1.67. The van der Waals surface area contributed by atoms with Crippen LogP contribution in [0.15, 0.2) is 24.3 Å². The van der Waals surface area contributed by atoms with E-state index < -0.39 is 5.60 Å². The Bertz CT molecular complexity index is 636. The summed E-state index contributed by atoms with van der Waals surface area (Å²) in [4.78, 5) is 27.8. The standard InChI is InChI=1S/C17H23N3O4/c1-19-11-17(24-10-15(19)21)5-7-20(12-17)16(22)13-3-2-4-14(9-13)23-8-6-18/h2-4,9H,5-8,10-12,18H2,1H3. The molecule has 3 rings (SSSR count). The number of hydrogen-bond donors (Lipinski definition) is 1. The van der Waals surface area contributed by atoms with E-state index in [-0.39, 0.29) is 18.4 Å². The molecular weight excluding hydrogens is 310 g/mol. The molecule has 2 fully saturated rings. The fourth-order valence-corrected chi connectivity index (χ4v) is 3.23. The highest BCUT2D eigenvalue weighted by atomic mass is 16.5. The fraction of sp³-hybridized carbons (Fsp3) is 0.529. The number of ether oxygens (including phenoxy) is 2. The minimum absolute atomic E-state index is 0.0184. The van der Waals surface area contributed by atoms with Crippen molar-refractivity contribution in [1.82, 2.24) is 9.80 Å². The number of likely N-dealkylation sites (N-methyl/N-ethyl adjacent to an activating group) is 1. The second-order valence-corrected chi connectivity index (χ2v) is 6.36. The Morgan fingerprint density at radius 2 is 2.25 bits per heavy atom. The number of amides is 2. The molecule has 2 amide bonds. The molecule has 0 radical (unpaired) electrons. The SMILES string of the molecule is CN1CC2(CCN(C(=O)c3cccc(OCCN)c3)C2)OCC1=O. The molecule has 1 aromatic carbocycles. The second kappa shape index (κ2) is 6.78. The van der Waals surface area contributed by atoms with Crippen molar-refractivity contribution in [3.05, 3.63) is 29.8 Å². The minimum Gasteiger partial charge on any atom is -0.492 e. The zero-order chi connectivity index (χ0) is 17.2. The number of carbonyl (C=O) groups excluding carboxylic acids is 2. The van der Waals surface area contributed by atoms with Gasteiger partial charge in [0.1, 0.15) is 24.6 Å². The zero-order valence-electron chi connectivity index (χ0n) is 13.9. The molecule has 7 nitrogen and oxygen atoms in total. The number of likely N-dealkylation sites (tertiary alicyclic amines) is 1. The van der Waals surface area contributed by atoms with Gasteiger partial charge in [0.25, 0.3) is 5.91 Å². The smallest absolute Gasteiger partial charge is 0.254 e. The number of hydrogen-bond acceptors (Lipinski definition) is 5. The number of rotatable bonds is 4. The van der Waals surface area contributed by atoms with Crippen LogP contribution in [0, 0.1) is 0 Å². The first-order valence-corrected chi connectivity index (χ1v) is 8.13. The van der Waals surface area contributed by atoms with E-state index in [1.54, 1.807) is 35.0 Å². The van der Waals surface area contributed by atoms with Crippen molar-refractivity contribution >= 4 is 11.8 Å². The third-order valence-electron chi connectivity index (χ3n) is 4.52. The van der Waals surface area contributed by atoms with Crippen LogP contribution in [0.4, 0.5) is 0 Å². The molecule has 2 heterocycles. The van der Waals surface area contributed by atoms with E-state index in [2.05, 4.69) is 0 Å². The van der Waals surface area contributed by atoms with Gasteiger partial charge in [-0.1, -0.05) is 6.07 Å². The van der Waals surface area contributed by atoms with Crippen LogP contribution >= 0.6 is 0 Å². The lowest BCUT2D eigenvalue weighted by Gasteiger charge is -2.38. The van der Waals surface area contributed by atoms with Gasteiger partial charge in [-0.2, -0.15) is 0 Å². The van der Waals surface area contributed by atoms with Crippen LogP contribution in [-0.2, 0) is 9.53 Å². The normalized spacial score (nSPS) is 23.8. The van der Waals surface area contributed by atoms with Crippen LogP contribution in [0.2, 0.25) is 0 Å². The molecule has 24 heavy (non-hydrogen) atoms. The molecule has 0 aliphatic carbocycles. The highest BCUT2D eigenvalue weighted by Crippen LogP contribution is 2.30. The Labute approximate surface area is 141 Å². The number of benzene rings is 1. The van der Waals surface area contributed by atoms with E-state index in [0.29, 0.717) is 44.1 Å². The molecule has 0 bridgehead atoms. The van der Waals surface area contributed by atoms with Crippen molar-refractivity contribution in [1.29, 1.82) is 0 Å². The maximum absolute atomic E-state index is 12.8. The first-order chi connectivity index (χ1) is 11.5. The molecule has 2 saturated heterocycles. The maximum atomic E-state index is 12.8. The van der Waals surface area contributed by atoms with E-state index in [0.717, 1.165) is 6.42 Å². The Morgan fingerprint density at radius 3 is 3.00 bits per heavy atom. The number of morpholine rings is 1. The molecule has 1 unspecified atom stereocenters. The summed E-state index contributed by atoms with van der Waals surface area (Å²) < 4.78 is 11.3. The van der Waals surface area contributed by atoms with Gasteiger partial charge in [0, 0.05) is 25.7 Å². The van der Waals surface area contributed by atoms with Gasteiger partial charge < -0.3 is 25.0 Å². The summed E-state index contributed by atoms with van der Waals surface area (Å²) in [6.07, 6.45) is 0.736. The van der Waals surface area contributed by atoms with Crippen LogP contribution in [-0.4, -0.2) is 73.7 Å². The van der Waals surface area contributed by atoms with Crippen molar-refractivity contribution in [3.8, 4) is 5.75 Å². The van der Waals surface area contributed by atoms with Crippen molar-refractivity contribution in [2.24, 2.45) is 5.73 Å². The molecule has 1 atom stereocenters. The van der Waals surface area contributed by atoms with Crippen LogP contribution in [0.25, 0.3) is 0 Å². The molecule has 0 saturated carbocycles. The third-order valence-corrected chi connectivity index (χ3v) is 4.52. The van der Waals surface area contributed by atoms with E-state index in [9.17, 15) is 9.59 Å². The lowest BCUT2D eigenvalue weighted by atomic mass is 10.0. The van der Waals surface area contributed by atoms with Gasteiger partial charge in [-0.3, -0.25) is 9.59 Å². The number of nitrogens with zero attached hydrogens (tertiary/aromatic N) is 2. The van der Waals surface area contributed by atoms with Crippen LogP contribution in [0.3, 0.4) is 0 Å². The van der Waals surface area contributed by atoms with E-state index >= 15 is 0 Å². The highest BCUT2D eigenvalue weighted by Gasteiger charge is 2.45. The maximum Gasteiger partial charge on any atom is 0.254 e. The molecule has 7 heteroatoms. The molecule has 2 aliphatic heterocycles. The van der Waals surface area contributed by atoms with Gasteiger partial charge in [-0.15, -0.1) is 0 Å². The van der Waals surface area contributed by atoms with Gasteiger partial charge in [0.05, 0.1) is 13.1 Å². The van der Waals surface area contributed by atoms with Gasteiger partial charge in [-0.25, -0.2) is 0 Å². The molecule has 2 N–H and O–H groups in total. The molecule has 1 aromatic rings. The van der Waals surface area contributed by atoms with Crippen LogP contribution in [0.5, 0.6) is 5.75 Å². The van der Waals surface area contributed by atoms with E-state index in [1.165, 1.54) is 0 Å². The quantitative estimate of drug-likeness (QED) is 0.844. The molecular formula is C17H23N3O4.